The number of amides is 2. The highest BCUT2D eigenvalue weighted by molar-refractivity contribution is 6.33. The molecule has 0 aromatic heterocycles. The van der Waals surface area contributed by atoms with Crippen molar-refractivity contribution in [3.8, 4) is 0 Å². The number of halogens is 1. The van der Waals surface area contributed by atoms with E-state index in [9.17, 15) is 19.7 Å². The second-order valence-corrected chi connectivity index (χ2v) is 9.66. The van der Waals surface area contributed by atoms with Crippen molar-refractivity contribution in [2.45, 2.75) is 24.6 Å². The quantitative estimate of drug-likeness (QED) is 0.235. The smallest absolute Gasteiger partial charge is 0.274 e. The molecule has 1 heterocycles. The molecule has 7 heteroatoms. The Hall–Kier alpha value is -3.51. The predicted octanol–water partition coefficient (Wildman–Crippen LogP) is 4.96. The van der Waals surface area contributed by atoms with Gasteiger partial charge in [0.25, 0.3) is 5.69 Å². The molecule has 2 atom stereocenters. The van der Waals surface area contributed by atoms with Gasteiger partial charge in [0.15, 0.2) is 0 Å². The molecule has 1 fully saturated rings. The molecule has 33 heavy (non-hydrogen) atoms. The molecule has 0 unspecified atom stereocenters. The summed E-state index contributed by atoms with van der Waals surface area (Å²) in [5, 5.41) is 11.9. The minimum Gasteiger partial charge on any atom is -0.274 e. The van der Waals surface area contributed by atoms with Gasteiger partial charge in [-0.05, 0) is 53.3 Å². The fourth-order valence-electron chi connectivity index (χ4n) is 6.03. The molecule has 6 nitrogen and oxygen atoms in total. The Morgan fingerprint density at radius 2 is 1.45 bits per heavy atom. The summed E-state index contributed by atoms with van der Waals surface area (Å²) in [6.07, 6.45) is 0. The number of nitrogens with zero attached hydrogens (tertiary/aromatic N) is 2. The van der Waals surface area contributed by atoms with Gasteiger partial charge in [-0.25, -0.2) is 4.90 Å². The van der Waals surface area contributed by atoms with Crippen LogP contribution in [0.25, 0.3) is 0 Å². The molecule has 0 N–H and O–H groups in total. The van der Waals surface area contributed by atoms with Crippen molar-refractivity contribution in [3.63, 3.8) is 0 Å². The molecule has 0 radical (unpaired) electrons. The molecule has 3 aliphatic carbocycles. The average molecular weight is 459 g/mol. The van der Waals surface area contributed by atoms with Crippen LogP contribution in [0.4, 0.5) is 11.4 Å². The minimum absolute atomic E-state index is 0.0141. The first-order valence-corrected chi connectivity index (χ1v) is 11.2. The summed E-state index contributed by atoms with van der Waals surface area (Å²) in [4.78, 5) is 38.9. The highest BCUT2D eigenvalue weighted by Gasteiger charge is 2.68. The van der Waals surface area contributed by atoms with Crippen molar-refractivity contribution in [2.75, 3.05) is 4.90 Å². The summed E-state index contributed by atoms with van der Waals surface area (Å²) in [7, 11) is 0. The van der Waals surface area contributed by atoms with Crippen molar-refractivity contribution in [1.82, 2.24) is 0 Å². The average Bonchev–Trinajstić information content (AvgIpc) is 3.07. The van der Waals surface area contributed by atoms with Gasteiger partial charge in [-0.2, -0.15) is 0 Å². The van der Waals surface area contributed by atoms with Crippen LogP contribution in [0.2, 0.25) is 0 Å². The first-order chi connectivity index (χ1) is 15.8. The third-order valence-electron chi connectivity index (χ3n) is 7.54. The van der Waals surface area contributed by atoms with Gasteiger partial charge in [0, 0.05) is 12.0 Å². The fourth-order valence-corrected chi connectivity index (χ4v) is 6.60. The SMILES string of the molecule is Cc1cc(N2C(=O)[C@@H]3C4c5ccccc5C(Cl)(c5ccccc54)[C@H]3C2=O)c([N+](=O)[O-])cc1C. The standard InChI is InChI=1S/C26H19ClN2O4/c1-13-11-19(20(29(32)33)12-14(13)2)28-24(30)22-21-15-7-3-5-9-17(15)26(27,23(22)25(28)31)18-10-6-4-8-16(18)21/h3-12,21-23H,1-2H3/t21?,22-,23-,26?/m1/s1. The Kier molecular flexibility index (Phi) is 3.97. The molecular formula is C26H19ClN2O4. The van der Waals surface area contributed by atoms with Crippen LogP contribution in [0.15, 0.2) is 60.7 Å². The number of imide groups is 1. The topological polar surface area (TPSA) is 80.5 Å². The lowest BCUT2D eigenvalue weighted by Gasteiger charge is -2.50. The Morgan fingerprint density at radius 3 is 2.03 bits per heavy atom. The van der Waals surface area contributed by atoms with E-state index in [1.54, 1.807) is 19.9 Å². The maximum absolute atomic E-state index is 13.9. The van der Waals surface area contributed by atoms with Crippen LogP contribution in [0.1, 0.15) is 39.3 Å². The molecule has 1 aliphatic heterocycles. The summed E-state index contributed by atoms with van der Waals surface area (Å²) >= 11 is 7.40. The second kappa shape index (κ2) is 6.51. The van der Waals surface area contributed by atoms with Crippen molar-refractivity contribution < 1.29 is 14.5 Å². The highest BCUT2D eigenvalue weighted by atomic mass is 35.5. The maximum Gasteiger partial charge on any atom is 0.293 e. The van der Waals surface area contributed by atoms with Gasteiger partial charge in [-0.3, -0.25) is 19.7 Å². The number of carbonyl (C=O) groups excluding carboxylic acids is 2. The molecule has 2 bridgehead atoms. The minimum atomic E-state index is -1.22. The van der Waals surface area contributed by atoms with Gasteiger partial charge < -0.3 is 0 Å². The number of rotatable bonds is 2. The summed E-state index contributed by atoms with van der Waals surface area (Å²) in [6, 6.07) is 18.3. The third-order valence-corrected chi connectivity index (χ3v) is 8.19. The number of anilines is 1. The van der Waals surface area contributed by atoms with Crippen LogP contribution in [0, 0.1) is 35.8 Å². The lowest BCUT2D eigenvalue weighted by Crippen LogP contribution is -2.50. The van der Waals surface area contributed by atoms with Crippen molar-refractivity contribution in [3.05, 3.63) is 104 Å². The first-order valence-electron chi connectivity index (χ1n) is 10.8. The number of aryl methyl sites for hydroxylation is 2. The van der Waals surface area contributed by atoms with Crippen LogP contribution in [-0.2, 0) is 14.5 Å². The highest BCUT2D eigenvalue weighted by Crippen LogP contribution is 2.66. The Balaban J connectivity index is 1.61. The largest absolute Gasteiger partial charge is 0.293 e. The zero-order chi connectivity index (χ0) is 23.2. The molecular weight excluding hydrogens is 440 g/mol. The first kappa shape index (κ1) is 20.1. The zero-order valence-corrected chi connectivity index (χ0v) is 18.7. The summed E-state index contributed by atoms with van der Waals surface area (Å²) in [5.74, 6) is -2.82. The number of hydrogen-bond donors (Lipinski definition) is 0. The number of nitro benzene ring substituents is 1. The zero-order valence-electron chi connectivity index (χ0n) is 17.9. The number of carbonyl (C=O) groups is 2. The summed E-state index contributed by atoms with van der Waals surface area (Å²) in [6.45, 7) is 3.57. The van der Waals surface area contributed by atoms with E-state index >= 15 is 0 Å². The Labute approximate surface area is 194 Å². The molecule has 0 saturated carbocycles. The van der Waals surface area contributed by atoms with E-state index in [0.29, 0.717) is 0 Å². The van der Waals surface area contributed by atoms with E-state index in [0.717, 1.165) is 38.3 Å². The lowest BCUT2D eigenvalue weighted by molar-refractivity contribution is -0.384. The molecule has 7 rings (SSSR count). The van der Waals surface area contributed by atoms with E-state index in [-0.39, 0.29) is 17.3 Å². The van der Waals surface area contributed by atoms with Crippen LogP contribution in [-0.4, -0.2) is 16.7 Å². The number of benzene rings is 3. The van der Waals surface area contributed by atoms with Crippen molar-refractivity contribution >= 4 is 34.8 Å². The number of nitro groups is 1. The van der Waals surface area contributed by atoms with Gasteiger partial charge in [0.1, 0.15) is 10.6 Å². The van der Waals surface area contributed by atoms with E-state index in [1.165, 1.54) is 6.07 Å². The normalized spacial score (nSPS) is 26.8. The lowest BCUT2D eigenvalue weighted by atomic mass is 9.54. The van der Waals surface area contributed by atoms with E-state index < -0.39 is 33.4 Å². The third kappa shape index (κ3) is 2.34. The monoisotopic (exact) mass is 458 g/mol. The van der Waals surface area contributed by atoms with E-state index in [4.69, 9.17) is 11.6 Å². The number of alkyl halides is 1. The van der Waals surface area contributed by atoms with Crippen LogP contribution >= 0.6 is 11.6 Å². The van der Waals surface area contributed by atoms with Gasteiger partial charge in [0.2, 0.25) is 11.8 Å². The summed E-state index contributed by atoms with van der Waals surface area (Å²) in [5.41, 5.74) is 4.76. The number of hydrogen-bond acceptors (Lipinski definition) is 4. The fraction of sp³-hybridized carbons (Fsp3) is 0.231. The van der Waals surface area contributed by atoms with Gasteiger partial charge in [-0.1, -0.05) is 48.5 Å². The maximum atomic E-state index is 13.9. The molecule has 1 saturated heterocycles. The molecule has 3 aromatic rings. The molecule has 2 amide bonds. The van der Waals surface area contributed by atoms with Crippen molar-refractivity contribution in [1.29, 1.82) is 0 Å². The molecule has 0 spiro atoms. The molecule has 164 valence electrons. The van der Waals surface area contributed by atoms with E-state index in [1.807, 2.05) is 48.5 Å². The van der Waals surface area contributed by atoms with Gasteiger partial charge in [0.05, 0.1) is 16.8 Å². The van der Waals surface area contributed by atoms with Crippen molar-refractivity contribution in [2.24, 2.45) is 11.8 Å². The Bertz CT molecular complexity index is 1370. The van der Waals surface area contributed by atoms with Crippen LogP contribution in [0.5, 0.6) is 0 Å². The predicted molar refractivity (Wildman–Crippen MR) is 123 cm³/mol. The molecule has 3 aromatic carbocycles. The molecule has 4 aliphatic rings. The van der Waals surface area contributed by atoms with Crippen LogP contribution in [0.3, 0.4) is 0 Å². The van der Waals surface area contributed by atoms with Gasteiger partial charge in [-0.15, -0.1) is 11.6 Å². The Morgan fingerprint density at radius 1 is 0.909 bits per heavy atom. The summed E-state index contributed by atoms with van der Waals surface area (Å²) < 4.78 is 0. The van der Waals surface area contributed by atoms with Crippen LogP contribution < -0.4 is 4.90 Å². The van der Waals surface area contributed by atoms with E-state index in [2.05, 4.69) is 0 Å². The van der Waals surface area contributed by atoms with Gasteiger partial charge >= 0.3 is 0 Å². The second-order valence-electron chi connectivity index (χ2n) is 9.06.